The maximum absolute atomic E-state index is 11.9. The molecule has 3 rings (SSSR count). The van der Waals surface area contributed by atoms with Crippen molar-refractivity contribution < 1.29 is 9.21 Å². The van der Waals surface area contributed by atoms with E-state index in [1.165, 1.54) is 0 Å². The average Bonchev–Trinajstić information content (AvgIpc) is 2.96. The lowest BCUT2D eigenvalue weighted by molar-refractivity contribution is -0.116. The van der Waals surface area contributed by atoms with E-state index < -0.39 is 0 Å². The van der Waals surface area contributed by atoms with Gasteiger partial charge in [0.15, 0.2) is 5.78 Å². The lowest BCUT2D eigenvalue weighted by atomic mass is 9.91. The van der Waals surface area contributed by atoms with E-state index in [4.69, 9.17) is 4.42 Å². The van der Waals surface area contributed by atoms with E-state index in [2.05, 4.69) is 0 Å². The number of hydrogen-bond acceptors (Lipinski definition) is 2. The fraction of sp³-hybridized carbons (Fsp3) is 0.235. The highest BCUT2D eigenvalue weighted by molar-refractivity contribution is 6.00. The minimum atomic E-state index is 0.292. The number of benzene rings is 1. The van der Waals surface area contributed by atoms with Gasteiger partial charge in [-0.05, 0) is 48.6 Å². The summed E-state index contributed by atoms with van der Waals surface area (Å²) in [6.45, 7) is 0. The molecule has 0 N–H and O–H groups in total. The van der Waals surface area contributed by atoms with Crippen LogP contribution in [0.3, 0.4) is 0 Å². The Hall–Kier alpha value is -2.09. The summed E-state index contributed by atoms with van der Waals surface area (Å²) in [7, 11) is 0. The van der Waals surface area contributed by atoms with Crippen molar-refractivity contribution in [1.82, 2.24) is 0 Å². The maximum atomic E-state index is 11.9. The van der Waals surface area contributed by atoms with Crippen LogP contribution in [0, 0.1) is 0 Å². The van der Waals surface area contributed by atoms with Gasteiger partial charge in [0, 0.05) is 12.0 Å². The third-order valence-corrected chi connectivity index (χ3v) is 3.54. The van der Waals surface area contributed by atoms with Gasteiger partial charge in [-0.15, -0.1) is 0 Å². The maximum Gasteiger partial charge on any atom is 0.158 e. The molecule has 96 valence electrons. The Morgan fingerprint density at radius 3 is 2.63 bits per heavy atom. The molecule has 1 aliphatic rings. The van der Waals surface area contributed by atoms with Crippen molar-refractivity contribution in [3.05, 3.63) is 53.8 Å². The molecule has 0 aliphatic heterocycles. The molecule has 0 spiro atoms. The van der Waals surface area contributed by atoms with Crippen LogP contribution < -0.4 is 0 Å². The highest BCUT2D eigenvalue weighted by atomic mass is 16.3. The predicted molar refractivity (Wildman–Crippen MR) is 75.6 cm³/mol. The van der Waals surface area contributed by atoms with Gasteiger partial charge < -0.3 is 4.42 Å². The van der Waals surface area contributed by atoms with Gasteiger partial charge >= 0.3 is 0 Å². The normalized spacial score (nSPS) is 17.9. The first kappa shape index (κ1) is 12.0. The van der Waals surface area contributed by atoms with Crippen LogP contribution >= 0.6 is 0 Å². The van der Waals surface area contributed by atoms with Crippen molar-refractivity contribution in [3.8, 4) is 11.3 Å². The lowest BCUT2D eigenvalue weighted by Gasteiger charge is -2.13. The molecule has 0 amide bonds. The van der Waals surface area contributed by atoms with Gasteiger partial charge in [0.25, 0.3) is 0 Å². The Balaban J connectivity index is 2.01. The molecule has 2 nitrogen and oxygen atoms in total. The molecule has 19 heavy (non-hydrogen) atoms. The first-order valence-electron chi connectivity index (χ1n) is 6.71. The standard InChI is InChI=1S/C17H16O2/c18-16-9-4-2-7-14(16)12-13-6-1-3-8-15(13)17-10-5-11-19-17/h1,3,5-6,8,10-12H,2,4,7,9H2/b14-12+. The van der Waals surface area contributed by atoms with E-state index in [1.54, 1.807) is 6.26 Å². The fourth-order valence-electron chi connectivity index (χ4n) is 2.52. The van der Waals surface area contributed by atoms with Gasteiger partial charge in [-0.2, -0.15) is 0 Å². The van der Waals surface area contributed by atoms with Crippen LogP contribution in [0.25, 0.3) is 17.4 Å². The highest BCUT2D eigenvalue weighted by Gasteiger charge is 2.15. The molecule has 1 saturated carbocycles. The van der Waals surface area contributed by atoms with E-state index in [9.17, 15) is 4.79 Å². The van der Waals surface area contributed by atoms with Crippen LogP contribution in [-0.2, 0) is 4.79 Å². The third-order valence-electron chi connectivity index (χ3n) is 3.54. The van der Waals surface area contributed by atoms with Gasteiger partial charge in [0.2, 0.25) is 0 Å². The second-order valence-electron chi connectivity index (χ2n) is 4.86. The summed E-state index contributed by atoms with van der Waals surface area (Å²) in [5.41, 5.74) is 3.05. The molecule has 0 saturated heterocycles. The Kier molecular flexibility index (Phi) is 3.32. The average molecular weight is 252 g/mol. The second kappa shape index (κ2) is 5.27. The van der Waals surface area contributed by atoms with Gasteiger partial charge in [-0.3, -0.25) is 4.79 Å². The van der Waals surface area contributed by atoms with Crippen molar-refractivity contribution in [3.63, 3.8) is 0 Å². The first-order chi connectivity index (χ1) is 9.34. The minimum absolute atomic E-state index is 0.292. The molecule has 1 aromatic heterocycles. The summed E-state index contributed by atoms with van der Waals surface area (Å²) in [6, 6.07) is 11.9. The van der Waals surface area contributed by atoms with Crippen LogP contribution in [0.15, 0.2) is 52.7 Å². The fourth-order valence-corrected chi connectivity index (χ4v) is 2.52. The van der Waals surface area contributed by atoms with Gasteiger partial charge in [-0.25, -0.2) is 0 Å². The van der Waals surface area contributed by atoms with Crippen molar-refractivity contribution >= 4 is 11.9 Å². The molecule has 2 aromatic rings. The van der Waals surface area contributed by atoms with Crippen molar-refractivity contribution in [1.29, 1.82) is 0 Å². The molecule has 1 heterocycles. The second-order valence-corrected chi connectivity index (χ2v) is 4.86. The summed E-state index contributed by atoms with van der Waals surface area (Å²) in [6.07, 6.45) is 7.42. The first-order valence-corrected chi connectivity index (χ1v) is 6.71. The SMILES string of the molecule is O=C1CCCC/C1=C\c1ccccc1-c1ccco1. The number of Topliss-reactive ketones (excluding diaryl/α,β-unsaturated/α-hetero) is 1. The minimum Gasteiger partial charge on any atom is -0.464 e. The molecule has 0 atom stereocenters. The van der Waals surface area contributed by atoms with E-state index in [1.807, 2.05) is 42.5 Å². The largest absolute Gasteiger partial charge is 0.464 e. The Morgan fingerprint density at radius 1 is 1.00 bits per heavy atom. The molecule has 1 fully saturated rings. The summed E-state index contributed by atoms with van der Waals surface area (Å²) in [5, 5.41) is 0. The number of furan rings is 1. The number of carbonyl (C=O) groups is 1. The monoisotopic (exact) mass is 252 g/mol. The summed E-state index contributed by atoms with van der Waals surface area (Å²) >= 11 is 0. The van der Waals surface area contributed by atoms with Crippen LogP contribution in [-0.4, -0.2) is 5.78 Å². The van der Waals surface area contributed by atoms with Crippen molar-refractivity contribution in [2.75, 3.05) is 0 Å². The Labute approximate surface area is 112 Å². The molecule has 2 heteroatoms. The van der Waals surface area contributed by atoms with Crippen molar-refractivity contribution in [2.24, 2.45) is 0 Å². The van der Waals surface area contributed by atoms with E-state index in [-0.39, 0.29) is 0 Å². The molecule has 0 bridgehead atoms. The van der Waals surface area contributed by atoms with Crippen molar-refractivity contribution in [2.45, 2.75) is 25.7 Å². The Bertz CT molecular complexity index is 606. The molecule has 0 unspecified atom stereocenters. The van der Waals surface area contributed by atoms with Gasteiger partial charge in [0.05, 0.1) is 6.26 Å². The van der Waals surface area contributed by atoms with E-state index >= 15 is 0 Å². The van der Waals surface area contributed by atoms with Crippen LogP contribution in [0.5, 0.6) is 0 Å². The molecule has 1 aromatic carbocycles. The van der Waals surface area contributed by atoms with Crippen LogP contribution in [0.4, 0.5) is 0 Å². The topological polar surface area (TPSA) is 30.2 Å². The third kappa shape index (κ3) is 2.53. The number of ketones is 1. The van der Waals surface area contributed by atoms with E-state index in [0.29, 0.717) is 12.2 Å². The number of allylic oxidation sites excluding steroid dienone is 1. The quantitative estimate of drug-likeness (QED) is 0.738. The zero-order valence-corrected chi connectivity index (χ0v) is 10.8. The zero-order chi connectivity index (χ0) is 13.1. The molecular weight excluding hydrogens is 236 g/mol. The van der Waals surface area contributed by atoms with Crippen LogP contribution in [0.2, 0.25) is 0 Å². The Morgan fingerprint density at radius 2 is 1.84 bits per heavy atom. The van der Waals surface area contributed by atoms with Gasteiger partial charge in [0.1, 0.15) is 5.76 Å². The zero-order valence-electron chi connectivity index (χ0n) is 10.8. The van der Waals surface area contributed by atoms with Gasteiger partial charge in [-0.1, -0.05) is 24.3 Å². The van der Waals surface area contributed by atoms with E-state index in [0.717, 1.165) is 41.7 Å². The number of hydrogen-bond donors (Lipinski definition) is 0. The van der Waals surface area contributed by atoms with Crippen LogP contribution in [0.1, 0.15) is 31.2 Å². The molecule has 0 radical (unpaired) electrons. The summed E-state index contributed by atoms with van der Waals surface area (Å²) in [4.78, 5) is 11.9. The molecule has 1 aliphatic carbocycles. The highest BCUT2D eigenvalue weighted by Crippen LogP contribution is 2.28. The summed E-state index contributed by atoms with van der Waals surface area (Å²) < 4.78 is 5.46. The number of carbonyl (C=O) groups excluding carboxylic acids is 1. The summed E-state index contributed by atoms with van der Waals surface area (Å²) in [5.74, 6) is 1.14. The smallest absolute Gasteiger partial charge is 0.158 e. The predicted octanol–water partition coefficient (Wildman–Crippen LogP) is 4.47. The number of rotatable bonds is 2. The lowest BCUT2D eigenvalue weighted by Crippen LogP contribution is -2.08. The molecular formula is C17H16O2.